The van der Waals surface area contributed by atoms with Crippen LogP contribution in [0.3, 0.4) is 0 Å². The highest BCUT2D eigenvalue weighted by atomic mass is 16.5. The fourth-order valence-corrected chi connectivity index (χ4v) is 3.22. The number of furan rings is 1. The van der Waals surface area contributed by atoms with Crippen LogP contribution in [0.5, 0.6) is 5.75 Å². The molecule has 2 heterocycles. The van der Waals surface area contributed by atoms with Crippen LogP contribution in [0.1, 0.15) is 33.1 Å². The highest BCUT2D eigenvalue weighted by molar-refractivity contribution is 5.95. The lowest BCUT2D eigenvalue weighted by atomic mass is 10.1. The van der Waals surface area contributed by atoms with Gasteiger partial charge in [0.1, 0.15) is 18.1 Å². The van der Waals surface area contributed by atoms with E-state index in [1.165, 1.54) is 0 Å². The molecule has 3 rings (SSSR count). The Kier molecular flexibility index (Phi) is 6.04. The van der Waals surface area contributed by atoms with Crippen LogP contribution in [0, 0.1) is 13.8 Å². The molecule has 146 valence electrons. The average Bonchev–Trinajstić information content (AvgIpc) is 3.30. The van der Waals surface area contributed by atoms with Crippen LogP contribution in [0.25, 0.3) is 0 Å². The van der Waals surface area contributed by atoms with Gasteiger partial charge in [-0.05, 0) is 49.7 Å². The van der Waals surface area contributed by atoms with E-state index in [1.807, 2.05) is 63.4 Å². The highest BCUT2D eigenvalue weighted by Gasteiger charge is 2.19. The van der Waals surface area contributed by atoms with Crippen LogP contribution in [0.2, 0.25) is 0 Å². The van der Waals surface area contributed by atoms with Crippen LogP contribution >= 0.6 is 0 Å². The molecular formula is C23H26N2O3. The Bertz CT molecular complexity index is 937. The minimum Gasteiger partial charge on any atom is -0.490 e. The summed E-state index contributed by atoms with van der Waals surface area (Å²) < 4.78 is 13.0. The van der Waals surface area contributed by atoms with Crippen LogP contribution in [-0.4, -0.2) is 29.0 Å². The van der Waals surface area contributed by atoms with Crippen molar-refractivity contribution in [2.45, 2.75) is 26.9 Å². The predicted molar refractivity (Wildman–Crippen MR) is 110 cm³/mol. The van der Waals surface area contributed by atoms with Crippen LogP contribution in [0.15, 0.2) is 65.8 Å². The summed E-state index contributed by atoms with van der Waals surface area (Å²) in [6, 6.07) is 13.5. The fraction of sp³-hybridized carbons (Fsp3) is 0.261. The number of benzene rings is 1. The van der Waals surface area contributed by atoms with Crippen LogP contribution in [0.4, 0.5) is 0 Å². The van der Waals surface area contributed by atoms with E-state index in [0.29, 0.717) is 19.7 Å². The molecule has 2 aromatic heterocycles. The molecule has 0 unspecified atom stereocenters. The molecule has 0 bridgehead atoms. The third-order valence-corrected chi connectivity index (χ3v) is 4.76. The summed E-state index contributed by atoms with van der Waals surface area (Å²) in [5.41, 5.74) is 3.75. The third kappa shape index (κ3) is 4.36. The zero-order valence-corrected chi connectivity index (χ0v) is 16.6. The van der Waals surface area contributed by atoms with Crippen molar-refractivity contribution in [2.75, 3.05) is 13.7 Å². The Labute approximate surface area is 165 Å². The Hall–Kier alpha value is -3.21. The van der Waals surface area contributed by atoms with Gasteiger partial charge in [0.2, 0.25) is 0 Å². The third-order valence-electron chi connectivity index (χ3n) is 4.76. The van der Waals surface area contributed by atoms with Gasteiger partial charge in [0.25, 0.3) is 5.91 Å². The molecular weight excluding hydrogens is 352 g/mol. The zero-order valence-electron chi connectivity index (χ0n) is 16.6. The second-order valence-corrected chi connectivity index (χ2v) is 6.86. The van der Waals surface area contributed by atoms with Gasteiger partial charge in [0, 0.05) is 25.0 Å². The molecule has 0 spiro atoms. The molecule has 0 aliphatic rings. The summed E-state index contributed by atoms with van der Waals surface area (Å²) in [6.07, 6.45) is 3.37. The number of aromatic nitrogens is 1. The smallest absolute Gasteiger partial charge is 0.255 e. The molecule has 0 radical (unpaired) electrons. The number of hydrogen-bond acceptors (Lipinski definition) is 3. The van der Waals surface area contributed by atoms with Crippen molar-refractivity contribution in [3.8, 4) is 5.75 Å². The molecule has 3 aromatic rings. The number of amides is 1. The Morgan fingerprint density at radius 1 is 1.25 bits per heavy atom. The summed E-state index contributed by atoms with van der Waals surface area (Å²) in [6.45, 7) is 9.25. The van der Waals surface area contributed by atoms with E-state index in [-0.39, 0.29) is 5.91 Å². The molecule has 0 fully saturated rings. The molecule has 0 saturated carbocycles. The predicted octanol–water partition coefficient (Wildman–Crippen LogP) is 4.58. The number of rotatable bonds is 8. The van der Waals surface area contributed by atoms with Gasteiger partial charge < -0.3 is 18.6 Å². The number of ether oxygens (including phenoxy) is 1. The van der Waals surface area contributed by atoms with E-state index in [9.17, 15) is 4.79 Å². The highest BCUT2D eigenvalue weighted by Crippen LogP contribution is 2.20. The minimum atomic E-state index is 0.00535. The van der Waals surface area contributed by atoms with Crippen LogP contribution in [-0.2, 0) is 13.1 Å². The van der Waals surface area contributed by atoms with E-state index in [0.717, 1.165) is 34.0 Å². The summed E-state index contributed by atoms with van der Waals surface area (Å²) in [5, 5.41) is 0. The van der Waals surface area contributed by atoms with Crippen molar-refractivity contribution in [2.24, 2.45) is 0 Å². The van der Waals surface area contributed by atoms with Gasteiger partial charge in [-0.2, -0.15) is 0 Å². The maximum absolute atomic E-state index is 13.0. The van der Waals surface area contributed by atoms with Crippen molar-refractivity contribution in [1.29, 1.82) is 0 Å². The lowest BCUT2D eigenvalue weighted by Gasteiger charge is -2.18. The number of nitrogens with zero attached hydrogens (tertiary/aromatic N) is 2. The first-order chi connectivity index (χ1) is 13.5. The molecule has 5 heteroatoms. The molecule has 0 atom stereocenters. The Balaban J connectivity index is 1.70. The van der Waals surface area contributed by atoms with E-state index in [4.69, 9.17) is 9.15 Å². The van der Waals surface area contributed by atoms with E-state index in [1.54, 1.807) is 17.2 Å². The molecule has 0 N–H and O–H groups in total. The van der Waals surface area contributed by atoms with Crippen molar-refractivity contribution in [3.63, 3.8) is 0 Å². The minimum absolute atomic E-state index is 0.00535. The molecule has 1 amide bonds. The Morgan fingerprint density at radius 2 is 2.00 bits per heavy atom. The van der Waals surface area contributed by atoms with Gasteiger partial charge >= 0.3 is 0 Å². The topological polar surface area (TPSA) is 47.6 Å². The quantitative estimate of drug-likeness (QED) is 0.539. The first-order valence-corrected chi connectivity index (χ1v) is 9.26. The first-order valence-electron chi connectivity index (χ1n) is 9.26. The van der Waals surface area contributed by atoms with Crippen LogP contribution < -0.4 is 4.74 Å². The molecule has 1 aromatic carbocycles. The second-order valence-electron chi connectivity index (χ2n) is 6.86. The SMILES string of the molecule is C=CCOc1ccc(CN(C)C(=O)c2cc(C)n(Cc3ccco3)c2C)cc1. The van der Waals surface area contributed by atoms with E-state index in [2.05, 4.69) is 11.1 Å². The number of carbonyl (C=O) groups excluding carboxylic acids is 1. The van der Waals surface area contributed by atoms with Crippen molar-refractivity contribution in [3.05, 3.63) is 89.7 Å². The van der Waals surface area contributed by atoms with Gasteiger partial charge in [0.15, 0.2) is 0 Å². The van der Waals surface area contributed by atoms with Gasteiger partial charge in [-0.1, -0.05) is 24.8 Å². The standard InChI is InChI=1S/C23H26N2O3/c1-5-12-27-20-10-8-19(9-11-20)15-24(4)23(26)22-14-17(2)25(18(22)3)16-21-7-6-13-28-21/h5-11,13-14H,1,12,15-16H2,2-4H3. The molecule has 0 saturated heterocycles. The second kappa shape index (κ2) is 8.65. The normalized spacial score (nSPS) is 10.7. The Morgan fingerprint density at radius 3 is 2.64 bits per heavy atom. The largest absolute Gasteiger partial charge is 0.490 e. The summed E-state index contributed by atoms with van der Waals surface area (Å²) in [5.74, 6) is 1.66. The molecule has 0 aliphatic carbocycles. The summed E-state index contributed by atoms with van der Waals surface area (Å²) >= 11 is 0. The van der Waals surface area contributed by atoms with Crippen molar-refractivity contribution in [1.82, 2.24) is 9.47 Å². The number of hydrogen-bond donors (Lipinski definition) is 0. The van der Waals surface area contributed by atoms with E-state index >= 15 is 0 Å². The van der Waals surface area contributed by atoms with Gasteiger partial charge in [-0.3, -0.25) is 4.79 Å². The zero-order chi connectivity index (χ0) is 20.1. The molecule has 28 heavy (non-hydrogen) atoms. The molecule has 0 aliphatic heterocycles. The fourth-order valence-electron chi connectivity index (χ4n) is 3.22. The average molecular weight is 378 g/mol. The lowest BCUT2D eigenvalue weighted by molar-refractivity contribution is 0.0784. The number of aryl methyl sites for hydroxylation is 1. The summed E-state index contributed by atoms with van der Waals surface area (Å²) in [7, 11) is 1.82. The monoisotopic (exact) mass is 378 g/mol. The first kappa shape index (κ1) is 19.5. The van der Waals surface area contributed by atoms with Gasteiger partial charge in [-0.15, -0.1) is 0 Å². The van der Waals surface area contributed by atoms with Crippen molar-refractivity contribution < 1.29 is 13.9 Å². The maximum atomic E-state index is 13.0. The number of carbonyl (C=O) groups is 1. The maximum Gasteiger partial charge on any atom is 0.255 e. The summed E-state index contributed by atoms with van der Waals surface area (Å²) in [4.78, 5) is 14.7. The van der Waals surface area contributed by atoms with Crippen molar-refractivity contribution >= 4 is 5.91 Å². The van der Waals surface area contributed by atoms with E-state index < -0.39 is 0 Å². The molecule has 5 nitrogen and oxygen atoms in total. The van der Waals surface area contributed by atoms with Gasteiger partial charge in [-0.25, -0.2) is 0 Å². The lowest BCUT2D eigenvalue weighted by Crippen LogP contribution is -2.26. The van der Waals surface area contributed by atoms with Gasteiger partial charge in [0.05, 0.1) is 18.4 Å².